The minimum Gasteiger partial charge on any atom is -0.465 e. The number of nitrogens with zero attached hydrogens (tertiary/aromatic N) is 2. The summed E-state index contributed by atoms with van der Waals surface area (Å²) in [4.78, 5) is 23.5. The van der Waals surface area contributed by atoms with Crippen molar-refractivity contribution in [2.75, 3.05) is 12.4 Å². The molecule has 0 aliphatic rings. The molecule has 0 saturated heterocycles. The maximum atomic E-state index is 11.9. The van der Waals surface area contributed by atoms with Crippen LogP contribution in [-0.4, -0.2) is 34.6 Å². The van der Waals surface area contributed by atoms with Crippen molar-refractivity contribution in [2.24, 2.45) is 7.05 Å². The van der Waals surface area contributed by atoms with E-state index in [0.29, 0.717) is 16.8 Å². The van der Waals surface area contributed by atoms with Crippen LogP contribution >= 0.6 is 0 Å². The molecule has 0 aliphatic carbocycles. The van der Waals surface area contributed by atoms with Gasteiger partial charge in [-0.15, -0.1) is 0 Å². The molecule has 2 rings (SSSR count). The van der Waals surface area contributed by atoms with Crippen LogP contribution in [0.4, 0.5) is 10.6 Å². The van der Waals surface area contributed by atoms with E-state index in [1.165, 1.54) is 7.11 Å². The third-order valence-electron chi connectivity index (χ3n) is 2.89. The van der Waals surface area contributed by atoms with Gasteiger partial charge in [-0.05, 0) is 39.0 Å². The number of hydrogen-bond acceptors (Lipinski definition) is 5. The second-order valence-corrected chi connectivity index (χ2v) is 5.82. The Hall–Kier alpha value is -2.57. The molecule has 1 aromatic heterocycles. The minimum absolute atomic E-state index is 0.331. The summed E-state index contributed by atoms with van der Waals surface area (Å²) in [5.41, 5.74) is 0.556. The first-order valence-electron chi connectivity index (χ1n) is 6.76. The zero-order valence-electron chi connectivity index (χ0n) is 13.3. The van der Waals surface area contributed by atoms with Crippen molar-refractivity contribution in [3.05, 3.63) is 23.8 Å². The van der Waals surface area contributed by atoms with Crippen LogP contribution in [0.25, 0.3) is 10.9 Å². The number of methoxy groups -OCH3 is 1. The van der Waals surface area contributed by atoms with Gasteiger partial charge in [-0.3, -0.25) is 10.00 Å². The van der Waals surface area contributed by atoms with Crippen LogP contribution in [0.3, 0.4) is 0 Å². The van der Waals surface area contributed by atoms with Gasteiger partial charge in [0.15, 0.2) is 5.82 Å². The Balaban J connectivity index is 2.37. The van der Waals surface area contributed by atoms with Crippen LogP contribution in [-0.2, 0) is 16.5 Å². The van der Waals surface area contributed by atoms with Crippen molar-refractivity contribution in [3.63, 3.8) is 0 Å². The fourth-order valence-electron chi connectivity index (χ4n) is 2.00. The van der Waals surface area contributed by atoms with Crippen molar-refractivity contribution in [2.45, 2.75) is 26.4 Å². The van der Waals surface area contributed by atoms with Gasteiger partial charge in [0.05, 0.1) is 18.2 Å². The lowest BCUT2D eigenvalue weighted by atomic mass is 10.1. The maximum Gasteiger partial charge on any atom is 0.413 e. The smallest absolute Gasteiger partial charge is 0.413 e. The Labute approximate surface area is 128 Å². The number of amides is 1. The molecule has 1 amide bonds. The molecule has 0 fully saturated rings. The predicted molar refractivity (Wildman–Crippen MR) is 81.9 cm³/mol. The fourth-order valence-corrected chi connectivity index (χ4v) is 2.00. The Bertz CT molecular complexity index is 728. The highest BCUT2D eigenvalue weighted by Crippen LogP contribution is 2.24. The van der Waals surface area contributed by atoms with Crippen LogP contribution in [0.2, 0.25) is 0 Å². The number of aryl methyl sites for hydroxylation is 1. The number of carbonyl (C=O) groups excluding carboxylic acids is 2. The summed E-state index contributed by atoms with van der Waals surface area (Å²) in [7, 11) is 3.07. The molecule has 1 heterocycles. The average molecular weight is 305 g/mol. The highest BCUT2D eigenvalue weighted by molar-refractivity contribution is 6.01. The zero-order chi connectivity index (χ0) is 16.5. The number of benzene rings is 1. The molecule has 7 nitrogen and oxygen atoms in total. The van der Waals surface area contributed by atoms with Gasteiger partial charge in [0, 0.05) is 12.4 Å². The lowest BCUT2D eigenvalue weighted by molar-refractivity contribution is 0.0598. The van der Waals surface area contributed by atoms with E-state index in [0.717, 1.165) is 5.52 Å². The van der Waals surface area contributed by atoms with E-state index in [4.69, 9.17) is 9.47 Å². The number of carbonyl (C=O) groups is 2. The minimum atomic E-state index is -0.605. The third-order valence-corrected chi connectivity index (χ3v) is 2.89. The monoisotopic (exact) mass is 305 g/mol. The lowest BCUT2D eigenvalue weighted by Crippen LogP contribution is -2.27. The lowest BCUT2D eigenvalue weighted by Gasteiger charge is -2.19. The van der Waals surface area contributed by atoms with Crippen molar-refractivity contribution < 1.29 is 19.1 Å². The summed E-state index contributed by atoms with van der Waals surface area (Å²) in [6.07, 6.45) is -0.601. The molecule has 7 heteroatoms. The van der Waals surface area contributed by atoms with Gasteiger partial charge in [0.1, 0.15) is 5.60 Å². The quantitative estimate of drug-likeness (QED) is 0.863. The van der Waals surface area contributed by atoms with E-state index < -0.39 is 17.7 Å². The normalized spacial score (nSPS) is 11.3. The number of aromatic nitrogens is 2. The van der Waals surface area contributed by atoms with E-state index in [-0.39, 0.29) is 0 Å². The standard InChI is InChI=1S/C15H19N3O4/c1-15(2,3)22-14(20)16-12-10-8-9(13(19)21-5)6-7-11(10)18(4)17-12/h6-8H,1-5H3,(H,16,17,20). The second-order valence-electron chi connectivity index (χ2n) is 5.82. The number of hydrogen-bond donors (Lipinski definition) is 1. The number of anilines is 1. The fraction of sp³-hybridized carbons (Fsp3) is 0.400. The van der Waals surface area contributed by atoms with Crippen molar-refractivity contribution >= 4 is 28.8 Å². The van der Waals surface area contributed by atoms with Crippen LogP contribution in [0, 0.1) is 0 Å². The van der Waals surface area contributed by atoms with Crippen molar-refractivity contribution in [1.82, 2.24) is 9.78 Å². The first kappa shape index (κ1) is 15.8. The van der Waals surface area contributed by atoms with Gasteiger partial charge in [0.25, 0.3) is 0 Å². The Kier molecular flexibility index (Phi) is 4.07. The highest BCUT2D eigenvalue weighted by atomic mass is 16.6. The molecule has 0 aliphatic heterocycles. The van der Waals surface area contributed by atoms with Crippen LogP contribution < -0.4 is 5.32 Å². The average Bonchev–Trinajstić information content (AvgIpc) is 2.72. The molecule has 0 spiro atoms. The molecule has 2 aromatic rings. The summed E-state index contributed by atoms with van der Waals surface area (Å²) >= 11 is 0. The molecule has 1 N–H and O–H groups in total. The van der Waals surface area contributed by atoms with Crippen molar-refractivity contribution in [1.29, 1.82) is 0 Å². The molecule has 22 heavy (non-hydrogen) atoms. The molecular formula is C15H19N3O4. The molecule has 0 unspecified atom stereocenters. The summed E-state index contributed by atoms with van der Waals surface area (Å²) in [5, 5.41) is 7.48. The zero-order valence-corrected chi connectivity index (χ0v) is 13.3. The van der Waals surface area contributed by atoms with E-state index in [2.05, 4.69) is 10.4 Å². The summed E-state index contributed by atoms with van der Waals surface area (Å²) in [6, 6.07) is 5.02. The number of fused-ring (bicyclic) bond motifs is 1. The van der Waals surface area contributed by atoms with E-state index in [1.54, 1.807) is 50.7 Å². The number of rotatable bonds is 2. The molecule has 0 bridgehead atoms. The maximum absolute atomic E-state index is 11.9. The topological polar surface area (TPSA) is 82.4 Å². The largest absolute Gasteiger partial charge is 0.465 e. The molecule has 1 aromatic carbocycles. The second kappa shape index (κ2) is 5.67. The SMILES string of the molecule is COC(=O)c1ccc2c(c1)c(NC(=O)OC(C)(C)C)nn2C. The summed E-state index contributed by atoms with van der Waals surface area (Å²) in [5.74, 6) is -0.119. The first-order valence-corrected chi connectivity index (χ1v) is 6.76. The van der Waals surface area contributed by atoms with Gasteiger partial charge >= 0.3 is 12.1 Å². The third kappa shape index (κ3) is 3.36. The van der Waals surface area contributed by atoms with Crippen LogP contribution in [0.15, 0.2) is 18.2 Å². The molecule has 0 atom stereocenters. The van der Waals surface area contributed by atoms with Gasteiger partial charge < -0.3 is 9.47 Å². The van der Waals surface area contributed by atoms with E-state index >= 15 is 0 Å². The summed E-state index contributed by atoms with van der Waals surface area (Å²) in [6.45, 7) is 5.33. The Morgan fingerprint density at radius 1 is 1.27 bits per heavy atom. The summed E-state index contributed by atoms with van der Waals surface area (Å²) < 4.78 is 11.5. The van der Waals surface area contributed by atoms with Gasteiger partial charge in [0.2, 0.25) is 0 Å². The Morgan fingerprint density at radius 2 is 1.95 bits per heavy atom. The predicted octanol–water partition coefficient (Wildman–Crippen LogP) is 2.71. The van der Waals surface area contributed by atoms with Gasteiger partial charge in [-0.1, -0.05) is 0 Å². The van der Waals surface area contributed by atoms with Gasteiger partial charge in [-0.2, -0.15) is 5.10 Å². The van der Waals surface area contributed by atoms with E-state index in [1.807, 2.05) is 0 Å². The number of nitrogens with one attached hydrogen (secondary N) is 1. The van der Waals surface area contributed by atoms with E-state index in [9.17, 15) is 9.59 Å². The number of esters is 1. The molecule has 0 radical (unpaired) electrons. The van der Waals surface area contributed by atoms with Crippen LogP contribution in [0.5, 0.6) is 0 Å². The van der Waals surface area contributed by atoms with Gasteiger partial charge in [-0.25, -0.2) is 9.59 Å². The highest BCUT2D eigenvalue weighted by Gasteiger charge is 2.19. The number of ether oxygens (including phenoxy) is 2. The van der Waals surface area contributed by atoms with Crippen LogP contribution in [0.1, 0.15) is 31.1 Å². The Morgan fingerprint density at radius 3 is 2.55 bits per heavy atom. The molecule has 0 saturated carbocycles. The molecule has 118 valence electrons. The van der Waals surface area contributed by atoms with Crippen molar-refractivity contribution in [3.8, 4) is 0 Å². The first-order chi connectivity index (χ1) is 10.2. The molecular weight excluding hydrogens is 286 g/mol.